The lowest BCUT2D eigenvalue weighted by Gasteiger charge is -2.12. The highest BCUT2D eigenvalue weighted by atomic mass is 16.7. The molecule has 0 aliphatic rings. The lowest BCUT2D eigenvalue weighted by atomic mass is 10.1. The molecule has 0 atom stereocenters. The Morgan fingerprint density at radius 3 is 2.04 bits per heavy atom. The van der Waals surface area contributed by atoms with E-state index in [4.69, 9.17) is 4.74 Å². The molecule has 2 aromatic carbocycles. The maximum Gasteiger partial charge on any atom is 0.320 e. The zero-order valence-electron chi connectivity index (χ0n) is 13.1. The lowest BCUT2D eigenvalue weighted by Crippen LogP contribution is -2.36. The molecule has 0 bridgehead atoms. The Bertz CT molecular complexity index is 896. The van der Waals surface area contributed by atoms with E-state index in [0.717, 1.165) is 12.1 Å². The first kappa shape index (κ1) is 18.3. The maximum atomic E-state index is 12.5. The van der Waals surface area contributed by atoms with E-state index in [2.05, 4.69) is 0 Å². The summed E-state index contributed by atoms with van der Waals surface area (Å²) in [4.78, 5) is 43.8. The van der Waals surface area contributed by atoms with Gasteiger partial charge in [0.2, 0.25) is 0 Å². The monoisotopic (exact) mass is 362 g/mol. The molecule has 134 valence electrons. The number of methoxy groups -OCH3 is 1. The molecule has 0 spiro atoms. The molecule has 0 heterocycles. The number of nitro groups is 3. The summed E-state index contributed by atoms with van der Waals surface area (Å²) in [6.07, 6.45) is 0. The molecule has 0 fully saturated rings. The Kier molecular flexibility index (Phi) is 5.06. The third-order valence-corrected chi connectivity index (χ3v) is 3.29. The number of ether oxygens (including phenoxy) is 1. The molecule has 2 rings (SSSR count). The summed E-state index contributed by atoms with van der Waals surface area (Å²) in [5, 5.41) is 32.1. The number of carbonyl (C=O) groups excluding carboxylic acids is 1. The maximum absolute atomic E-state index is 12.5. The molecule has 0 radical (unpaired) electrons. The van der Waals surface area contributed by atoms with Crippen molar-refractivity contribution in [3.63, 3.8) is 0 Å². The smallest absolute Gasteiger partial charge is 0.320 e. The summed E-state index contributed by atoms with van der Waals surface area (Å²) in [7, 11) is 1.39. The predicted octanol–water partition coefficient (Wildman–Crippen LogP) is 2.35. The fourth-order valence-electron chi connectivity index (χ4n) is 2.08. The number of hydrogen-bond donors (Lipinski definition) is 0. The quantitative estimate of drug-likeness (QED) is 0.559. The van der Waals surface area contributed by atoms with Crippen molar-refractivity contribution in [1.82, 2.24) is 0 Å². The van der Waals surface area contributed by atoms with Crippen LogP contribution in [0.1, 0.15) is 10.4 Å². The molecule has 0 aliphatic heterocycles. The molecule has 0 saturated carbocycles. The third kappa shape index (κ3) is 3.53. The van der Waals surface area contributed by atoms with Crippen LogP contribution in [0.15, 0.2) is 42.5 Å². The van der Waals surface area contributed by atoms with E-state index in [1.807, 2.05) is 0 Å². The zero-order valence-corrected chi connectivity index (χ0v) is 13.1. The number of carbonyl (C=O) groups is 1. The van der Waals surface area contributed by atoms with Crippen molar-refractivity contribution >= 4 is 23.0 Å². The van der Waals surface area contributed by atoms with Crippen molar-refractivity contribution in [1.29, 1.82) is 0 Å². The van der Waals surface area contributed by atoms with Crippen LogP contribution in [-0.4, -0.2) is 27.9 Å². The van der Waals surface area contributed by atoms with Crippen LogP contribution < -0.4 is 9.75 Å². The Morgan fingerprint density at radius 1 is 0.962 bits per heavy atom. The Balaban J connectivity index is 2.55. The molecule has 26 heavy (non-hydrogen) atoms. The summed E-state index contributed by atoms with van der Waals surface area (Å²) >= 11 is 0. The van der Waals surface area contributed by atoms with Gasteiger partial charge >= 0.3 is 11.6 Å². The van der Waals surface area contributed by atoms with Crippen molar-refractivity contribution in [3.05, 3.63) is 78.4 Å². The standard InChI is InChI=1S/C14H10N4O8/c1-26-11-5-2-9(3-6-11)14(19)15(18(24)25)12-7-4-10(16(20)21)8-13(12)17(22)23/h2-8H,1H3. The Hall–Kier alpha value is -4.09. The summed E-state index contributed by atoms with van der Waals surface area (Å²) in [5.74, 6) is -0.759. The minimum Gasteiger partial charge on any atom is -0.497 e. The molecule has 0 N–H and O–H groups in total. The molecular formula is C14H10N4O8. The first-order valence-electron chi connectivity index (χ1n) is 6.82. The van der Waals surface area contributed by atoms with E-state index in [1.165, 1.54) is 31.4 Å². The van der Waals surface area contributed by atoms with E-state index in [-0.39, 0.29) is 10.6 Å². The number of benzene rings is 2. The van der Waals surface area contributed by atoms with E-state index in [0.29, 0.717) is 11.8 Å². The summed E-state index contributed by atoms with van der Waals surface area (Å²) in [5.41, 5.74) is -2.42. The van der Waals surface area contributed by atoms with Crippen molar-refractivity contribution in [2.24, 2.45) is 0 Å². The summed E-state index contributed by atoms with van der Waals surface area (Å²) in [6, 6.07) is 7.42. The van der Waals surface area contributed by atoms with Gasteiger partial charge < -0.3 is 4.74 Å². The average Bonchev–Trinajstić information content (AvgIpc) is 2.61. The molecule has 0 saturated heterocycles. The number of amides is 1. The molecule has 1 amide bonds. The van der Waals surface area contributed by atoms with Gasteiger partial charge in [0.25, 0.3) is 5.69 Å². The summed E-state index contributed by atoms with van der Waals surface area (Å²) in [6.45, 7) is 0. The Labute approximate surface area is 144 Å². The fraction of sp³-hybridized carbons (Fsp3) is 0.0714. The van der Waals surface area contributed by atoms with Crippen LogP contribution in [0.25, 0.3) is 0 Å². The molecular weight excluding hydrogens is 352 g/mol. The van der Waals surface area contributed by atoms with Gasteiger partial charge in [0.1, 0.15) is 5.75 Å². The van der Waals surface area contributed by atoms with Crippen LogP contribution in [0.2, 0.25) is 0 Å². The van der Waals surface area contributed by atoms with E-state index < -0.39 is 37.8 Å². The van der Waals surface area contributed by atoms with Gasteiger partial charge in [-0.2, -0.15) is 0 Å². The number of non-ortho nitro benzene ring substituents is 1. The number of nitro benzene ring substituents is 2. The van der Waals surface area contributed by atoms with Crippen molar-refractivity contribution in [2.45, 2.75) is 0 Å². The second-order valence-corrected chi connectivity index (χ2v) is 4.77. The van der Waals surface area contributed by atoms with Gasteiger partial charge in [-0.3, -0.25) is 25.0 Å². The zero-order chi connectivity index (χ0) is 19.4. The largest absolute Gasteiger partial charge is 0.497 e. The van der Waals surface area contributed by atoms with Crippen molar-refractivity contribution in [3.8, 4) is 5.75 Å². The molecule has 0 aliphatic carbocycles. The van der Waals surface area contributed by atoms with Crippen LogP contribution in [0, 0.1) is 30.3 Å². The second-order valence-electron chi connectivity index (χ2n) is 4.77. The molecule has 0 unspecified atom stereocenters. The fourth-order valence-corrected chi connectivity index (χ4v) is 2.08. The van der Waals surface area contributed by atoms with Crippen LogP contribution in [0.4, 0.5) is 17.1 Å². The number of hydrogen-bond acceptors (Lipinski definition) is 8. The van der Waals surface area contributed by atoms with Crippen LogP contribution >= 0.6 is 0 Å². The topological polar surface area (TPSA) is 159 Å². The van der Waals surface area contributed by atoms with Gasteiger partial charge in [0.05, 0.1) is 23.0 Å². The predicted molar refractivity (Wildman–Crippen MR) is 86.5 cm³/mol. The van der Waals surface area contributed by atoms with E-state index >= 15 is 0 Å². The number of nitrogens with zero attached hydrogens (tertiary/aromatic N) is 4. The number of rotatable bonds is 6. The molecule has 2 aromatic rings. The van der Waals surface area contributed by atoms with E-state index in [1.54, 1.807) is 0 Å². The molecule has 12 heteroatoms. The third-order valence-electron chi connectivity index (χ3n) is 3.29. The number of hydrazine groups is 1. The normalized spacial score (nSPS) is 10.0. The van der Waals surface area contributed by atoms with Crippen LogP contribution in [0.5, 0.6) is 5.75 Å². The van der Waals surface area contributed by atoms with Gasteiger partial charge in [-0.1, -0.05) is 0 Å². The van der Waals surface area contributed by atoms with Crippen molar-refractivity contribution < 1.29 is 24.4 Å². The van der Waals surface area contributed by atoms with Gasteiger partial charge in [0.15, 0.2) is 10.7 Å². The number of anilines is 1. The second kappa shape index (κ2) is 7.21. The average molecular weight is 362 g/mol. The van der Waals surface area contributed by atoms with Gasteiger partial charge in [-0.05, 0) is 35.3 Å². The Morgan fingerprint density at radius 2 is 1.58 bits per heavy atom. The molecule has 12 nitrogen and oxygen atoms in total. The van der Waals surface area contributed by atoms with Gasteiger partial charge in [-0.25, -0.2) is 10.1 Å². The van der Waals surface area contributed by atoms with Gasteiger partial charge in [-0.15, -0.1) is 0 Å². The van der Waals surface area contributed by atoms with Crippen LogP contribution in [0.3, 0.4) is 0 Å². The highest BCUT2D eigenvalue weighted by Crippen LogP contribution is 2.33. The highest BCUT2D eigenvalue weighted by molar-refractivity contribution is 6.05. The molecule has 0 aromatic heterocycles. The minimum atomic E-state index is -1.16. The van der Waals surface area contributed by atoms with Crippen LogP contribution in [-0.2, 0) is 0 Å². The highest BCUT2D eigenvalue weighted by Gasteiger charge is 2.35. The van der Waals surface area contributed by atoms with E-state index in [9.17, 15) is 35.1 Å². The SMILES string of the molecule is COc1ccc(C(=O)N(c2ccc([N+](=O)[O-])cc2[N+](=O)[O-])[N+](=O)[O-])cc1. The van der Waals surface area contributed by atoms with Gasteiger partial charge in [0, 0.05) is 11.6 Å². The summed E-state index contributed by atoms with van der Waals surface area (Å²) < 4.78 is 4.92. The van der Waals surface area contributed by atoms with Crippen molar-refractivity contribution in [2.75, 3.05) is 12.1 Å². The minimum absolute atomic E-state index is 0.0380. The lowest BCUT2D eigenvalue weighted by molar-refractivity contribution is -0.483. The first-order chi connectivity index (χ1) is 12.3. The first-order valence-corrected chi connectivity index (χ1v) is 6.82.